The summed E-state index contributed by atoms with van der Waals surface area (Å²) in [6.45, 7) is 3.27. The number of aryl methyl sites for hydroxylation is 1. The zero-order valence-electron chi connectivity index (χ0n) is 11.1. The fraction of sp³-hybridized carbons (Fsp3) is 0.615. The first-order valence-electron chi connectivity index (χ1n) is 6.80. The predicted octanol–water partition coefficient (Wildman–Crippen LogP) is 1.27. The summed E-state index contributed by atoms with van der Waals surface area (Å²) in [6.07, 6.45) is 7.25. The second-order valence-corrected chi connectivity index (χ2v) is 5.29. The minimum absolute atomic E-state index is 0.127. The lowest BCUT2D eigenvalue weighted by Gasteiger charge is -2.30. The Kier molecular flexibility index (Phi) is 2.80. The van der Waals surface area contributed by atoms with E-state index in [2.05, 4.69) is 10.4 Å². The number of nitrogens with one attached hydrogen (secondary N) is 1. The highest BCUT2D eigenvalue weighted by atomic mass is 16.2. The van der Waals surface area contributed by atoms with Gasteiger partial charge in [0, 0.05) is 18.3 Å². The first-order valence-corrected chi connectivity index (χ1v) is 6.80. The lowest BCUT2D eigenvalue weighted by Crippen LogP contribution is -2.46. The summed E-state index contributed by atoms with van der Waals surface area (Å²) in [5.74, 6) is -0.127. The Labute approximate surface area is 111 Å². The van der Waals surface area contributed by atoms with Crippen molar-refractivity contribution in [3.8, 4) is 0 Å². The molecule has 2 aliphatic rings. The number of amides is 3. The average molecular weight is 262 g/mol. The van der Waals surface area contributed by atoms with Crippen LogP contribution in [0, 0.1) is 0 Å². The zero-order valence-corrected chi connectivity index (χ0v) is 11.1. The highest BCUT2D eigenvalue weighted by molar-refractivity contribution is 6.07. The molecule has 6 nitrogen and oxygen atoms in total. The van der Waals surface area contributed by atoms with E-state index in [-0.39, 0.29) is 11.9 Å². The molecular weight excluding hydrogens is 244 g/mol. The van der Waals surface area contributed by atoms with E-state index in [0.717, 1.165) is 37.8 Å². The average Bonchev–Trinajstić information content (AvgIpc) is 3.09. The van der Waals surface area contributed by atoms with Crippen molar-refractivity contribution in [2.24, 2.45) is 0 Å². The molecule has 1 N–H and O–H groups in total. The van der Waals surface area contributed by atoms with Gasteiger partial charge >= 0.3 is 6.03 Å². The zero-order chi connectivity index (χ0) is 13.5. The molecule has 1 aliphatic heterocycles. The SMILES string of the molecule is CCn1cc(CN2C(=O)NC(=O)C23CCCC3)cn1. The van der Waals surface area contributed by atoms with Gasteiger partial charge in [0.2, 0.25) is 0 Å². The van der Waals surface area contributed by atoms with Crippen molar-refractivity contribution in [3.63, 3.8) is 0 Å². The standard InChI is InChI=1S/C13H18N4O2/c1-2-16-8-10(7-14-16)9-17-12(19)15-11(18)13(17)5-3-4-6-13/h7-8H,2-6,9H2,1H3,(H,15,18,19). The van der Waals surface area contributed by atoms with Crippen LogP contribution >= 0.6 is 0 Å². The minimum atomic E-state index is -0.606. The van der Waals surface area contributed by atoms with Crippen molar-refractivity contribution < 1.29 is 9.59 Å². The van der Waals surface area contributed by atoms with Gasteiger partial charge in [-0.3, -0.25) is 14.8 Å². The molecule has 3 rings (SSSR count). The van der Waals surface area contributed by atoms with E-state index in [1.54, 1.807) is 11.1 Å². The van der Waals surface area contributed by atoms with Crippen molar-refractivity contribution >= 4 is 11.9 Å². The Bertz CT molecular complexity index is 516. The van der Waals surface area contributed by atoms with Gasteiger partial charge in [-0.2, -0.15) is 5.10 Å². The first-order chi connectivity index (χ1) is 9.15. The maximum Gasteiger partial charge on any atom is 0.325 e. The predicted molar refractivity (Wildman–Crippen MR) is 68.2 cm³/mol. The summed E-state index contributed by atoms with van der Waals surface area (Å²) in [5, 5.41) is 6.67. The van der Waals surface area contributed by atoms with Gasteiger partial charge in [-0.15, -0.1) is 0 Å². The Morgan fingerprint density at radius 3 is 2.74 bits per heavy atom. The van der Waals surface area contributed by atoms with Gasteiger partial charge in [0.05, 0.1) is 12.7 Å². The Morgan fingerprint density at radius 2 is 2.11 bits per heavy atom. The smallest absolute Gasteiger partial charge is 0.305 e. The molecule has 0 unspecified atom stereocenters. The summed E-state index contributed by atoms with van der Waals surface area (Å²) < 4.78 is 1.83. The number of urea groups is 1. The van der Waals surface area contributed by atoms with Gasteiger partial charge in [0.15, 0.2) is 0 Å². The molecule has 6 heteroatoms. The van der Waals surface area contributed by atoms with E-state index < -0.39 is 5.54 Å². The van der Waals surface area contributed by atoms with Crippen LogP contribution in [0.25, 0.3) is 0 Å². The van der Waals surface area contributed by atoms with E-state index >= 15 is 0 Å². The first kappa shape index (κ1) is 12.2. The number of rotatable bonds is 3. The lowest BCUT2D eigenvalue weighted by atomic mass is 9.96. The van der Waals surface area contributed by atoms with Gasteiger partial charge in [-0.05, 0) is 19.8 Å². The molecule has 1 saturated carbocycles. The second-order valence-electron chi connectivity index (χ2n) is 5.29. The van der Waals surface area contributed by atoms with Crippen LogP contribution in [-0.2, 0) is 17.9 Å². The normalized spacial score (nSPS) is 21.4. The number of carbonyl (C=O) groups is 2. The third-order valence-corrected chi connectivity index (χ3v) is 4.19. The molecule has 102 valence electrons. The lowest BCUT2D eigenvalue weighted by molar-refractivity contribution is -0.126. The summed E-state index contributed by atoms with van der Waals surface area (Å²) in [6, 6.07) is -0.267. The molecule has 1 spiro atoms. The number of nitrogens with zero attached hydrogens (tertiary/aromatic N) is 3. The number of imide groups is 1. The number of hydrogen-bond donors (Lipinski definition) is 1. The number of aromatic nitrogens is 2. The van der Waals surface area contributed by atoms with Gasteiger partial charge in [0.1, 0.15) is 5.54 Å². The summed E-state index contributed by atoms with van der Waals surface area (Å²) in [5.41, 5.74) is 0.365. The van der Waals surface area contributed by atoms with Crippen LogP contribution in [0.3, 0.4) is 0 Å². The van der Waals surface area contributed by atoms with Crippen LogP contribution in [0.15, 0.2) is 12.4 Å². The topological polar surface area (TPSA) is 67.2 Å². The van der Waals surface area contributed by atoms with E-state index in [0.29, 0.717) is 6.54 Å². The van der Waals surface area contributed by atoms with Crippen LogP contribution in [0.2, 0.25) is 0 Å². The van der Waals surface area contributed by atoms with Gasteiger partial charge in [-0.25, -0.2) is 4.79 Å². The highest BCUT2D eigenvalue weighted by Crippen LogP contribution is 2.39. The van der Waals surface area contributed by atoms with E-state index in [9.17, 15) is 9.59 Å². The quantitative estimate of drug-likeness (QED) is 0.834. The molecule has 1 aromatic heterocycles. The van der Waals surface area contributed by atoms with Crippen LogP contribution in [0.4, 0.5) is 4.79 Å². The van der Waals surface area contributed by atoms with Crippen molar-refractivity contribution in [2.75, 3.05) is 0 Å². The molecule has 0 radical (unpaired) electrons. The van der Waals surface area contributed by atoms with Crippen LogP contribution in [0.1, 0.15) is 38.2 Å². The largest absolute Gasteiger partial charge is 0.325 e. The third kappa shape index (κ3) is 1.82. The molecule has 0 atom stereocenters. The van der Waals surface area contributed by atoms with E-state index in [4.69, 9.17) is 0 Å². The van der Waals surface area contributed by atoms with Gasteiger partial charge in [-0.1, -0.05) is 12.8 Å². The van der Waals surface area contributed by atoms with Crippen molar-refractivity contribution in [1.82, 2.24) is 20.0 Å². The summed E-state index contributed by atoms with van der Waals surface area (Å²) >= 11 is 0. The molecule has 0 bridgehead atoms. The van der Waals surface area contributed by atoms with Crippen LogP contribution in [0.5, 0.6) is 0 Å². The Balaban J connectivity index is 1.85. The summed E-state index contributed by atoms with van der Waals surface area (Å²) in [4.78, 5) is 25.8. The minimum Gasteiger partial charge on any atom is -0.305 e. The molecule has 19 heavy (non-hydrogen) atoms. The van der Waals surface area contributed by atoms with Crippen molar-refractivity contribution in [3.05, 3.63) is 18.0 Å². The van der Waals surface area contributed by atoms with Gasteiger partial charge < -0.3 is 4.90 Å². The fourth-order valence-electron chi connectivity index (χ4n) is 3.12. The second kappa shape index (κ2) is 4.36. The Hall–Kier alpha value is -1.85. The van der Waals surface area contributed by atoms with E-state index in [1.807, 2.05) is 17.8 Å². The monoisotopic (exact) mass is 262 g/mol. The van der Waals surface area contributed by atoms with Crippen LogP contribution < -0.4 is 5.32 Å². The van der Waals surface area contributed by atoms with E-state index in [1.165, 1.54) is 0 Å². The molecule has 1 aliphatic carbocycles. The molecule has 2 fully saturated rings. The molecule has 3 amide bonds. The Morgan fingerprint density at radius 1 is 1.37 bits per heavy atom. The third-order valence-electron chi connectivity index (χ3n) is 4.19. The highest BCUT2D eigenvalue weighted by Gasteiger charge is 2.53. The molecular formula is C13H18N4O2. The molecule has 2 heterocycles. The van der Waals surface area contributed by atoms with Crippen molar-refractivity contribution in [1.29, 1.82) is 0 Å². The van der Waals surface area contributed by atoms with Crippen LogP contribution in [-0.4, -0.2) is 32.2 Å². The molecule has 1 aromatic rings. The number of hydrogen-bond acceptors (Lipinski definition) is 3. The van der Waals surface area contributed by atoms with Gasteiger partial charge in [0.25, 0.3) is 5.91 Å². The fourth-order valence-corrected chi connectivity index (χ4v) is 3.12. The molecule has 1 saturated heterocycles. The maximum absolute atomic E-state index is 12.1. The number of carbonyl (C=O) groups excluding carboxylic acids is 2. The van der Waals surface area contributed by atoms with Crippen molar-refractivity contribution in [2.45, 2.75) is 51.2 Å². The maximum atomic E-state index is 12.1. The molecule has 0 aromatic carbocycles. The summed E-state index contributed by atoms with van der Waals surface area (Å²) in [7, 11) is 0.